The number of furan rings is 1. The highest BCUT2D eigenvalue weighted by Crippen LogP contribution is 2.31. The second kappa shape index (κ2) is 5.26. The van der Waals surface area contributed by atoms with E-state index in [-0.39, 0.29) is 5.91 Å². The highest BCUT2D eigenvalue weighted by Gasteiger charge is 2.11. The number of benzene rings is 1. The molecule has 0 atom stereocenters. The van der Waals surface area contributed by atoms with Gasteiger partial charge in [0.2, 0.25) is 5.91 Å². The molecule has 0 bridgehead atoms. The molecular formula is C14H11ClN2O2S. The van der Waals surface area contributed by atoms with Gasteiger partial charge in [-0.2, -0.15) is 0 Å². The van der Waals surface area contributed by atoms with Crippen molar-refractivity contribution in [3.63, 3.8) is 0 Å². The molecule has 2 heterocycles. The number of fused-ring (bicyclic) bond motifs is 1. The Kier molecular flexibility index (Phi) is 3.46. The highest BCUT2D eigenvalue weighted by atomic mass is 35.5. The van der Waals surface area contributed by atoms with Gasteiger partial charge in [-0.15, -0.1) is 11.3 Å². The summed E-state index contributed by atoms with van der Waals surface area (Å²) >= 11 is 7.32. The van der Waals surface area contributed by atoms with E-state index < -0.39 is 0 Å². The van der Waals surface area contributed by atoms with Gasteiger partial charge >= 0.3 is 0 Å². The van der Waals surface area contributed by atoms with Crippen LogP contribution in [0.1, 0.15) is 13.3 Å². The molecule has 20 heavy (non-hydrogen) atoms. The fraction of sp³-hybridized carbons (Fsp3) is 0.143. The van der Waals surface area contributed by atoms with Gasteiger partial charge in [0.25, 0.3) is 0 Å². The lowest BCUT2D eigenvalue weighted by atomic mass is 10.2. The minimum atomic E-state index is -0.0534. The first-order valence-electron chi connectivity index (χ1n) is 6.10. The maximum Gasteiger partial charge on any atom is 0.225 e. The number of halogens is 1. The summed E-state index contributed by atoms with van der Waals surface area (Å²) in [6.45, 7) is 1.80. The largest absolute Gasteiger partial charge is 0.454 e. The highest BCUT2D eigenvalue weighted by molar-refractivity contribution is 7.14. The van der Waals surface area contributed by atoms with E-state index >= 15 is 0 Å². The molecule has 0 saturated heterocycles. The van der Waals surface area contributed by atoms with E-state index in [4.69, 9.17) is 16.0 Å². The maximum atomic E-state index is 11.3. The van der Waals surface area contributed by atoms with Gasteiger partial charge in [0, 0.05) is 22.2 Å². The third-order valence-corrected chi connectivity index (χ3v) is 3.80. The van der Waals surface area contributed by atoms with Crippen molar-refractivity contribution < 1.29 is 9.21 Å². The second-order valence-electron chi connectivity index (χ2n) is 4.23. The van der Waals surface area contributed by atoms with E-state index in [1.54, 1.807) is 13.0 Å². The molecule has 2 aromatic heterocycles. The first-order chi connectivity index (χ1) is 9.65. The average molecular weight is 307 g/mol. The molecular weight excluding hydrogens is 296 g/mol. The fourth-order valence-corrected chi connectivity index (χ4v) is 2.69. The predicted molar refractivity (Wildman–Crippen MR) is 81.3 cm³/mol. The first-order valence-corrected chi connectivity index (χ1v) is 7.36. The summed E-state index contributed by atoms with van der Waals surface area (Å²) in [4.78, 5) is 15.7. The zero-order chi connectivity index (χ0) is 14.1. The van der Waals surface area contributed by atoms with E-state index in [1.165, 1.54) is 11.3 Å². The standard InChI is InChI=1S/C14H11ClN2O2S/c1-2-13(18)17-14-16-10(7-20-14)12-6-8-5-9(15)3-4-11(8)19-12/h3-7H,2H2,1H3,(H,16,17,18). The van der Waals surface area contributed by atoms with Crippen molar-refractivity contribution in [1.82, 2.24) is 4.98 Å². The summed E-state index contributed by atoms with van der Waals surface area (Å²) in [6, 6.07) is 7.34. The van der Waals surface area contributed by atoms with E-state index in [0.29, 0.717) is 28.0 Å². The topological polar surface area (TPSA) is 55.1 Å². The number of nitrogens with zero attached hydrogens (tertiary/aromatic N) is 1. The summed E-state index contributed by atoms with van der Waals surface area (Å²) in [7, 11) is 0. The number of hydrogen-bond acceptors (Lipinski definition) is 4. The number of carbonyl (C=O) groups is 1. The van der Waals surface area contributed by atoms with Gasteiger partial charge in [-0.25, -0.2) is 4.98 Å². The van der Waals surface area contributed by atoms with E-state index in [9.17, 15) is 4.79 Å². The van der Waals surface area contributed by atoms with Crippen molar-refractivity contribution in [3.05, 3.63) is 34.7 Å². The normalized spacial score (nSPS) is 10.9. The van der Waals surface area contributed by atoms with Gasteiger partial charge in [0.05, 0.1) is 0 Å². The fourth-order valence-electron chi connectivity index (χ4n) is 1.79. The Labute approximate surface area is 124 Å². The Morgan fingerprint density at radius 2 is 2.30 bits per heavy atom. The van der Waals surface area contributed by atoms with Gasteiger partial charge in [0.15, 0.2) is 10.9 Å². The second-order valence-corrected chi connectivity index (χ2v) is 5.53. The van der Waals surface area contributed by atoms with Crippen molar-refractivity contribution in [1.29, 1.82) is 0 Å². The number of aromatic nitrogens is 1. The number of nitrogens with one attached hydrogen (secondary N) is 1. The SMILES string of the molecule is CCC(=O)Nc1nc(-c2cc3cc(Cl)ccc3o2)cs1. The molecule has 0 aliphatic rings. The molecule has 0 aliphatic heterocycles. The van der Waals surface area contributed by atoms with Crippen LogP contribution in [0, 0.1) is 0 Å². The van der Waals surface area contributed by atoms with Crippen LogP contribution in [0.2, 0.25) is 5.02 Å². The average Bonchev–Trinajstić information content (AvgIpc) is 3.04. The quantitative estimate of drug-likeness (QED) is 0.772. The lowest BCUT2D eigenvalue weighted by Crippen LogP contribution is -2.08. The van der Waals surface area contributed by atoms with Gasteiger partial charge < -0.3 is 9.73 Å². The van der Waals surface area contributed by atoms with Crippen molar-refractivity contribution in [2.75, 3.05) is 5.32 Å². The third-order valence-electron chi connectivity index (χ3n) is 2.80. The molecule has 0 fully saturated rings. The van der Waals surface area contributed by atoms with Crippen LogP contribution < -0.4 is 5.32 Å². The van der Waals surface area contributed by atoms with Crippen LogP contribution in [-0.4, -0.2) is 10.9 Å². The smallest absolute Gasteiger partial charge is 0.225 e. The zero-order valence-corrected chi connectivity index (χ0v) is 12.2. The molecule has 6 heteroatoms. The predicted octanol–water partition coefficient (Wildman–Crippen LogP) is 4.56. The molecule has 3 aromatic rings. The summed E-state index contributed by atoms with van der Waals surface area (Å²) in [5.74, 6) is 0.609. The number of hydrogen-bond donors (Lipinski definition) is 1. The molecule has 0 aliphatic carbocycles. The Balaban J connectivity index is 1.92. The minimum absolute atomic E-state index is 0.0534. The molecule has 102 valence electrons. The van der Waals surface area contributed by atoms with Gasteiger partial charge in [-0.3, -0.25) is 4.79 Å². The van der Waals surface area contributed by atoms with Crippen molar-refractivity contribution in [3.8, 4) is 11.5 Å². The number of rotatable bonds is 3. The van der Waals surface area contributed by atoms with Crippen LogP contribution in [0.4, 0.5) is 5.13 Å². The Morgan fingerprint density at radius 3 is 3.10 bits per heavy atom. The van der Waals surface area contributed by atoms with Crippen molar-refractivity contribution in [2.45, 2.75) is 13.3 Å². The molecule has 1 N–H and O–H groups in total. The van der Waals surface area contributed by atoms with Crippen LogP contribution in [0.15, 0.2) is 34.1 Å². The Bertz CT molecular complexity index is 778. The summed E-state index contributed by atoms with van der Waals surface area (Å²) in [6.07, 6.45) is 0.429. The first kappa shape index (κ1) is 13.1. The lowest BCUT2D eigenvalue weighted by Gasteiger charge is -1.95. The number of amides is 1. The van der Waals surface area contributed by atoms with Gasteiger partial charge in [-0.05, 0) is 24.3 Å². The molecule has 4 nitrogen and oxygen atoms in total. The van der Waals surface area contributed by atoms with Gasteiger partial charge in [-0.1, -0.05) is 18.5 Å². The molecule has 1 amide bonds. The Hall–Kier alpha value is -1.85. The molecule has 0 radical (unpaired) electrons. The van der Waals surface area contributed by atoms with E-state index in [2.05, 4.69) is 10.3 Å². The minimum Gasteiger partial charge on any atom is -0.454 e. The maximum absolute atomic E-state index is 11.3. The monoisotopic (exact) mass is 306 g/mol. The van der Waals surface area contributed by atoms with Gasteiger partial charge in [0.1, 0.15) is 11.3 Å². The van der Waals surface area contributed by atoms with Crippen LogP contribution in [0.25, 0.3) is 22.4 Å². The lowest BCUT2D eigenvalue weighted by molar-refractivity contribution is -0.115. The van der Waals surface area contributed by atoms with E-state index in [0.717, 1.165) is 11.0 Å². The third kappa shape index (κ3) is 2.55. The van der Waals surface area contributed by atoms with Crippen LogP contribution in [0.3, 0.4) is 0 Å². The number of anilines is 1. The Morgan fingerprint density at radius 1 is 1.45 bits per heavy atom. The number of carbonyl (C=O) groups excluding carboxylic acids is 1. The summed E-state index contributed by atoms with van der Waals surface area (Å²) in [5.41, 5.74) is 1.46. The molecule has 0 spiro atoms. The van der Waals surface area contributed by atoms with Crippen molar-refractivity contribution >= 4 is 44.9 Å². The molecule has 0 unspecified atom stereocenters. The van der Waals surface area contributed by atoms with Crippen LogP contribution in [0.5, 0.6) is 0 Å². The zero-order valence-electron chi connectivity index (χ0n) is 10.6. The van der Waals surface area contributed by atoms with Crippen molar-refractivity contribution in [2.24, 2.45) is 0 Å². The summed E-state index contributed by atoms with van der Waals surface area (Å²) in [5, 5.41) is 6.75. The van der Waals surface area contributed by atoms with E-state index in [1.807, 2.05) is 23.6 Å². The van der Waals surface area contributed by atoms with Crippen LogP contribution >= 0.6 is 22.9 Å². The summed E-state index contributed by atoms with van der Waals surface area (Å²) < 4.78 is 5.73. The molecule has 1 aromatic carbocycles. The number of thiazole rings is 1. The van der Waals surface area contributed by atoms with Crippen LogP contribution in [-0.2, 0) is 4.79 Å². The molecule has 0 saturated carbocycles. The molecule has 3 rings (SSSR count).